The van der Waals surface area contributed by atoms with Crippen LogP contribution >= 0.6 is 23.4 Å². The molecule has 0 aliphatic carbocycles. The number of amides is 1. The maximum absolute atomic E-state index is 12.4. The van der Waals surface area contributed by atoms with E-state index in [0.29, 0.717) is 29.2 Å². The van der Waals surface area contributed by atoms with Gasteiger partial charge in [0.05, 0.1) is 24.1 Å². The van der Waals surface area contributed by atoms with Crippen molar-refractivity contribution in [3.05, 3.63) is 47.4 Å². The minimum absolute atomic E-state index is 0.00579. The summed E-state index contributed by atoms with van der Waals surface area (Å²) in [6.07, 6.45) is 1.62. The predicted octanol–water partition coefficient (Wildman–Crippen LogP) is 3.67. The highest BCUT2D eigenvalue weighted by Crippen LogP contribution is 2.25. The Bertz CT molecular complexity index is 939. The lowest BCUT2D eigenvalue weighted by atomic mass is 10.2. The van der Waals surface area contributed by atoms with Gasteiger partial charge >= 0.3 is 0 Å². The molecule has 1 aromatic carbocycles. The van der Waals surface area contributed by atoms with E-state index in [-0.39, 0.29) is 11.7 Å². The molecule has 0 aliphatic rings. The fourth-order valence-electron chi connectivity index (χ4n) is 2.48. The molecule has 9 heteroatoms. The third-order valence-corrected chi connectivity index (χ3v) is 5.45. The molecule has 0 saturated heterocycles. The summed E-state index contributed by atoms with van der Waals surface area (Å²) in [4.78, 5) is 14.0. The summed E-state index contributed by atoms with van der Waals surface area (Å²) in [5.74, 6) is 2.48. The number of likely N-dealkylation sites (N-methyl/N-ethyl adjacent to an activating group) is 1. The number of aromatic nitrogens is 3. The smallest absolute Gasteiger partial charge is 0.232 e. The van der Waals surface area contributed by atoms with Gasteiger partial charge in [-0.1, -0.05) is 23.4 Å². The van der Waals surface area contributed by atoms with Gasteiger partial charge in [0.15, 0.2) is 11.0 Å². The molecule has 3 rings (SSSR count). The number of thioether (sulfide) groups is 1. The minimum atomic E-state index is -0.00579. The van der Waals surface area contributed by atoms with E-state index in [1.54, 1.807) is 42.5 Å². The Labute approximate surface area is 172 Å². The van der Waals surface area contributed by atoms with Crippen molar-refractivity contribution in [3.63, 3.8) is 0 Å². The van der Waals surface area contributed by atoms with Crippen LogP contribution in [0.1, 0.15) is 5.76 Å². The molecule has 0 fully saturated rings. The maximum Gasteiger partial charge on any atom is 0.232 e. The van der Waals surface area contributed by atoms with Crippen LogP contribution in [0.3, 0.4) is 0 Å². The van der Waals surface area contributed by atoms with Crippen molar-refractivity contribution in [1.82, 2.24) is 19.7 Å². The van der Waals surface area contributed by atoms with Crippen LogP contribution in [0.25, 0.3) is 11.4 Å². The number of nitrogens with zero attached hydrogens (tertiary/aromatic N) is 4. The highest BCUT2D eigenvalue weighted by molar-refractivity contribution is 7.99. The number of ether oxygens (including phenoxy) is 1. The van der Waals surface area contributed by atoms with Crippen molar-refractivity contribution in [1.29, 1.82) is 0 Å². The number of furan rings is 1. The Morgan fingerprint density at radius 3 is 2.71 bits per heavy atom. The molecule has 0 saturated carbocycles. The molecular weight excluding hydrogens is 400 g/mol. The van der Waals surface area contributed by atoms with E-state index in [4.69, 9.17) is 20.8 Å². The quantitative estimate of drug-likeness (QED) is 0.518. The largest absolute Gasteiger partial charge is 0.492 e. The van der Waals surface area contributed by atoms with Crippen LogP contribution in [0.4, 0.5) is 0 Å². The number of hydrogen-bond donors (Lipinski definition) is 0. The maximum atomic E-state index is 12.4. The van der Waals surface area contributed by atoms with Crippen molar-refractivity contribution < 1.29 is 13.9 Å². The van der Waals surface area contributed by atoms with Gasteiger partial charge in [0, 0.05) is 19.1 Å². The van der Waals surface area contributed by atoms with Gasteiger partial charge in [-0.15, -0.1) is 10.2 Å². The van der Waals surface area contributed by atoms with Crippen molar-refractivity contribution in [2.75, 3.05) is 26.0 Å². The van der Waals surface area contributed by atoms with Gasteiger partial charge < -0.3 is 18.6 Å². The van der Waals surface area contributed by atoms with E-state index in [0.717, 1.165) is 17.1 Å². The predicted molar refractivity (Wildman–Crippen MR) is 109 cm³/mol. The van der Waals surface area contributed by atoms with E-state index < -0.39 is 0 Å². The molecule has 7 nitrogen and oxygen atoms in total. The van der Waals surface area contributed by atoms with Crippen LogP contribution in [0.5, 0.6) is 5.75 Å². The first-order chi connectivity index (χ1) is 13.5. The molecule has 2 heterocycles. The third-order valence-electron chi connectivity index (χ3n) is 4.19. The topological polar surface area (TPSA) is 73.4 Å². The Balaban J connectivity index is 1.48. The van der Waals surface area contributed by atoms with Crippen LogP contribution in [0.15, 0.2) is 46.2 Å². The molecule has 3 aromatic rings. The summed E-state index contributed by atoms with van der Waals surface area (Å²) in [6, 6.07) is 8.99. The summed E-state index contributed by atoms with van der Waals surface area (Å²) in [5, 5.41) is 9.72. The molecule has 0 atom stereocenters. The first kappa shape index (κ1) is 20.3. The second-order valence-electron chi connectivity index (χ2n) is 6.16. The molecule has 0 aliphatic heterocycles. The lowest BCUT2D eigenvalue weighted by Gasteiger charge is -2.17. The minimum Gasteiger partial charge on any atom is -0.492 e. The number of benzene rings is 1. The molecule has 28 heavy (non-hydrogen) atoms. The third kappa shape index (κ3) is 4.88. The summed E-state index contributed by atoms with van der Waals surface area (Å²) < 4.78 is 12.8. The second-order valence-corrected chi connectivity index (χ2v) is 7.54. The first-order valence-electron chi connectivity index (χ1n) is 8.64. The van der Waals surface area contributed by atoms with Crippen molar-refractivity contribution in [3.8, 4) is 17.1 Å². The van der Waals surface area contributed by atoms with Crippen molar-refractivity contribution in [2.24, 2.45) is 7.05 Å². The van der Waals surface area contributed by atoms with Crippen LogP contribution in [-0.2, 0) is 11.8 Å². The van der Waals surface area contributed by atoms with E-state index in [1.807, 2.05) is 24.6 Å². The normalized spacial score (nSPS) is 10.9. The Morgan fingerprint density at radius 2 is 2.04 bits per heavy atom. The monoisotopic (exact) mass is 420 g/mol. The second kappa shape index (κ2) is 9.16. The number of hydrogen-bond acceptors (Lipinski definition) is 6. The van der Waals surface area contributed by atoms with Crippen LogP contribution in [0.2, 0.25) is 5.02 Å². The van der Waals surface area contributed by atoms with E-state index in [2.05, 4.69) is 10.2 Å². The number of rotatable bonds is 8. The van der Waals surface area contributed by atoms with Crippen molar-refractivity contribution in [2.45, 2.75) is 12.1 Å². The van der Waals surface area contributed by atoms with E-state index in [1.165, 1.54) is 11.8 Å². The molecule has 1 amide bonds. The Hall–Kier alpha value is -2.45. The molecule has 148 valence electrons. The lowest BCUT2D eigenvalue weighted by Crippen LogP contribution is -2.32. The fourth-order valence-corrected chi connectivity index (χ4v) is 3.46. The van der Waals surface area contributed by atoms with E-state index >= 15 is 0 Å². The zero-order valence-electron chi connectivity index (χ0n) is 15.9. The van der Waals surface area contributed by atoms with Gasteiger partial charge in [-0.3, -0.25) is 4.79 Å². The molecule has 0 unspecified atom stereocenters. The summed E-state index contributed by atoms with van der Waals surface area (Å²) >= 11 is 7.20. The summed E-state index contributed by atoms with van der Waals surface area (Å²) in [6.45, 7) is 2.77. The number of carbonyl (C=O) groups is 1. The lowest BCUT2D eigenvalue weighted by molar-refractivity contribution is -0.127. The van der Waals surface area contributed by atoms with Crippen LogP contribution in [0, 0.1) is 6.92 Å². The summed E-state index contributed by atoms with van der Waals surface area (Å²) in [7, 11) is 3.63. The molecule has 2 aromatic heterocycles. The fraction of sp³-hybridized carbons (Fsp3) is 0.316. The van der Waals surface area contributed by atoms with Crippen LogP contribution < -0.4 is 4.74 Å². The SMILES string of the molecule is Cc1occc1-c1nnc(SCC(=O)N(C)CCOc2ccc(Cl)cc2)n1C. The summed E-state index contributed by atoms with van der Waals surface area (Å²) in [5.41, 5.74) is 0.893. The Morgan fingerprint density at radius 1 is 1.29 bits per heavy atom. The number of aryl methyl sites for hydroxylation is 1. The Kier molecular flexibility index (Phi) is 6.64. The number of halogens is 1. The van der Waals surface area contributed by atoms with Gasteiger partial charge in [0.2, 0.25) is 5.91 Å². The highest BCUT2D eigenvalue weighted by atomic mass is 35.5. The molecule has 0 N–H and O–H groups in total. The molecular formula is C19H21ClN4O3S. The van der Waals surface area contributed by atoms with Gasteiger partial charge in [0.1, 0.15) is 18.1 Å². The average molecular weight is 421 g/mol. The van der Waals surface area contributed by atoms with Gasteiger partial charge in [-0.2, -0.15) is 0 Å². The standard InChI is InChI=1S/C19H21ClN4O3S/c1-13-16(8-10-26-13)18-21-22-19(24(18)3)28-12-17(25)23(2)9-11-27-15-6-4-14(20)5-7-15/h4-8,10H,9,11-12H2,1-3H3. The van der Waals surface area contributed by atoms with E-state index in [9.17, 15) is 4.79 Å². The molecule has 0 spiro atoms. The molecule has 0 bridgehead atoms. The zero-order chi connectivity index (χ0) is 20.1. The van der Waals surface area contributed by atoms with Gasteiger partial charge in [-0.05, 0) is 37.3 Å². The molecule has 0 radical (unpaired) electrons. The highest BCUT2D eigenvalue weighted by Gasteiger charge is 2.17. The number of carbonyl (C=O) groups excluding carboxylic acids is 1. The zero-order valence-corrected chi connectivity index (χ0v) is 17.5. The van der Waals surface area contributed by atoms with Gasteiger partial charge in [0.25, 0.3) is 0 Å². The van der Waals surface area contributed by atoms with Gasteiger partial charge in [-0.25, -0.2) is 0 Å². The first-order valence-corrected chi connectivity index (χ1v) is 10.0. The average Bonchev–Trinajstić information content (AvgIpc) is 3.26. The van der Waals surface area contributed by atoms with Crippen LogP contribution in [-0.4, -0.2) is 51.5 Å². The van der Waals surface area contributed by atoms with Crippen molar-refractivity contribution >= 4 is 29.3 Å².